The smallest absolute Gasteiger partial charge is 0.254 e. The zero-order valence-corrected chi connectivity index (χ0v) is 17.4. The Balaban J connectivity index is 1.27. The summed E-state index contributed by atoms with van der Waals surface area (Å²) < 4.78 is 7.92. The van der Waals surface area contributed by atoms with E-state index in [2.05, 4.69) is 29.2 Å². The minimum absolute atomic E-state index is 0.0802. The van der Waals surface area contributed by atoms with E-state index in [0.29, 0.717) is 17.9 Å². The Morgan fingerprint density at radius 1 is 1.03 bits per heavy atom. The fourth-order valence-electron chi connectivity index (χ4n) is 4.30. The lowest BCUT2D eigenvalue weighted by Gasteiger charge is -2.25. The largest absolute Gasteiger partial charge is 0.487 e. The van der Waals surface area contributed by atoms with Crippen LogP contribution in [0.4, 0.5) is 0 Å². The van der Waals surface area contributed by atoms with E-state index in [0.717, 1.165) is 37.1 Å². The van der Waals surface area contributed by atoms with Gasteiger partial charge in [-0.05, 0) is 55.2 Å². The van der Waals surface area contributed by atoms with Crippen molar-refractivity contribution in [1.29, 1.82) is 0 Å². The van der Waals surface area contributed by atoms with Gasteiger partial charge in [0.05, 0.1) is 5.69 Å². The number of amides is 1. The van der Waals surface area contributed by atoms with Gasteiger partial charge in [-0.2, -0.15) is 0 Å². The molecule has 0 spiro atoms. The third-order valence-electron chi connectivity index (χ3n) is 5.83. The van der Waals surface area contributed by atoms with Crippen LogP contribution in [0.5, 0.6) is 5.75 Å². The number of carbonyl (C=O) groups excluding carboxylic acids is 1. The van der Waals surface area contributed by atoms with Gasteiger partial charge >= 0.3 is 0 Å². The second-order valence-corrected chi connectivity index (χ2v) is 8.00. The van der Waals surface area contributed by atoms with Gasteiger partial charge in [-0.25, -0.2) is 4.98 Å². The van der Waals surface area contributed by atoms with Gasteiger partial charge in [-0.15, -0.1) is 0 Å². The molecule has 0 saturated carbocycles. The summed E-state index contributed by atoms with van der Waals surface area (Å²) in [6.07, 6.45) is 6.92. The first-order valence-electron chi connectivity index (χ1n) is 10.8. The summed E-state index contributed by atoms with van der Waals surface area (Å²) in [6, 6.07) is 24.0. The van der Waals surface area contributed by atoms with Gasteiger partial charge in [0.1, 0.15) is 18.0 Å². The number of fused-ring (bicyclic) bond motifs is 1. The molecule has 0 N–H and O–H groups in total. The van der Waals surface area contributed by atoms with E-state index in [1.165, 1.54) is 5.56 Å². The summed E-state index contributed by atoms with van der Waals surface area (Å²) in [6.45, 7) is 1.17. The van der Waals surface area contributed by atoms with Crippen molar-refractivity contribution >= 4 is 11.6 Å². The molecular weight excluding hydrogens is 386 g/mol. The van der Waals surface area contributed by atoms with Crippen molar-refractivity contribution in [2.45, 2.75) is 31.9 Å². The van der Waals surface area contributed by atoms with Crippen LogP contribution in [0.15, 0.2) is 85.2 Å². The molecule has 4 aromatic rings. The highest BCUT2D eigenvalue weighted by Crippen LogP contribution is 2.25. The number of aromatic nitrogens is 2. The summed E-state index contributed by atoms with van der Waals surface area (Å²) in [5, 5.41) is 0. The van der Waals surface area contributed by atoms with E-state index < -0.39 is 0 Å². The maximum atomic E-state index is 13.2. The van der Waals surface area contributed by atoms with Crippen LogP contribution >= 0.6 is 0 Å². The molecule has 31 heavy (non-hydrogen) atoms. The van der Waals surface area contributed by atoms with Gasteiger partial charge in [0.2, 0.25) is 0 Å². The van der Waals surface area contributed by atoms with Crippen molar-refractivity contribution in [2.75, 3.05) is 6.54 Å². The van der Waals surface area contributed by atoms with Gasteiger partial charge in [-0.1, -0.05) is 42.5 Å². The van der Waals surface area contributed by atoms with E-state index in [1.54, 1.807) is 0 Å². The first-order valence-corrected chi connectivity index (χ1v) is 10.8. The predicted molar refractivity (Wildman–Crippen MR) is 120 cm³/mol. The third kappa shape index (κ3) is 4.31. The molecule has 5 rings (SSSR count). The van der Waals surface area contributed by atoms with Gasteiger partial charge in [0.25, 0.3) is 5.91 Å². The standard InChI is InChI=1S/C26H25N3O2/c30-26(29-15-7-11-23(29)16-20-8-2-1-3-9-20)21-10-6-12-24(17-21)31-19-22-18-28-14-5-4-13-25(28)27-22/h1-6,8-10,12-14,17-18,23H,7,11,15-16,19H2/t23-/m1/s1. The highest BCUT2D eigenvalue weighted by Gasteiger charge is 2.29. The Labute approximate surface area is 181 Å². The van der Waals surface area contributed by atoms with Gasteiger partial charge in [-0.3, -0.25) is 4.79 Å². The highest BCUT2D eigenvalue weighted by molar-refractivity contribution is 5.95. The van der Waals surface area contributed by atoms with Crippen molar-refractivity contribution in [3.63, 3.8) is 0 Å². The molecule has 0 radical (unpaired) electrons. The molecular formula is C26H25N3O2. The number of imidazole rings is 1. The fourth-order valence-corrected chi connectivity index (χ4v) is 4.30. The Morgan fingerprint density at radius 3 is 2.77 bits per heavy atom. The van der Waals surface area contributed by atoms with Crippen molar-refractivity contribution in [3.05, 3.63) is 102 Å². The third-order valence-corrected chi connectivity index (χ3v) is 5.83. The average Bonchev–Trinajstić information content (AvgIpc) is 3.44. The maximum Gasteiger partial charge on any atom is 0.254 e. The van der Waals surface area contributed by atoms with Crippen LogP contribution in [0.25, 0.3) is 5.65 Å². The van der Waals surface area contributed by atoms with Gasteiger partial charge in [0, 0.05) is 30.5 Å². The normalized spacial score (nSPS) is 16.0. The summed E-state index contributed by atoms with van der Waals surface area (Å²) in [4.78, 5) is 19.8. The Bertz CT molecular complexity index is 1150. The Hall–Kier alpha value is -3.60. The van der Waals surface area contributed by atoms with Crippen molar-refractivity contribution < 1.29 is 9.53 Å². The Morgan fingerprint density at radius 2 is 1.90 bits per heavy atom. The number of likely N-dealkylation sites (tertiary alicyclic amines) is 1. The molecule has 0 aliphatic carbocycles. The SMILES string of the molecule is O=C(c1cccc(OCc2cn3ccccc3n2)c1)N1CCC[C@@H]1Cc1ccccc1. The summed E-state index contributed by atoms with van der Waals surface area (Å²) in [5.41, 5.74) is 3.69. The number of hydrogen-bond donors (Lipinski definition) is 0. The van der Waals surface area contributed by atoms with E-state index in [-0.39, 0.29) is 11.9 Å². The first-order chi connectivity index (χ1) is 15.3. The van der Waals surface area contributed by atoms with Crippen LogP contribution in [0.2, 0.25) is 0 Å². The molecule has 3 heterocycles. The number of hydrogen-bond acceptors (Lipinski definition) is 3. The monoisotopic (exact) mass is 411 g/mol. The molecule has 0 unspecified atom stereocenters. The van der Waals surface area contributed by atoms with Gasteiger partial charge < -0.3 is 14.0 Å². The second-order valence-electron chi connectivity index (χ2n) is 8.00. The van der Waals surface area contributed by atoms with Crippen molar-refractivity contribution in [1.82, 2.24) is 14.3 Å². The topological polar surface area (TPSA) is 46.8 Å². The van der Waals surface area contributed by atoms with E-state index >= 15 is 0 Å². The lowest BCUT2D eigenvalue weighted by Crippen LogP contribution is -2.36. The molecule has 5 nitrogen and oxygen atoms in total. The molecule has 2 aromatic carbocycles. The number of pyridine rings is 1. The highest BCUT2D eigenvalue weighted by atomic mass is 16.5. The Kier molecular flexibility index (Phi) is 5.40. The van der Waals surface area contributed by atoms with Crippen molar-refractivity contribution in [2.24, 2.45) is 0 Å². The maximum absolute atomic E-state index is 13.2. The molecule has 1 aliphatic heterocycles. The van der Waals surface area contributed by atoms with E-state index in [9.17, 15) is 4.79 Å². The minimum Gasteiger partial charge on any atom is -0.487 e. The number of rotatable bonds is 6. The first kappa shape index (κ1) is 19.4. The zero-order valence-electron chi connectivity index (χ0n) is 17.4. The summed E-state index contributed by atoms with van der Waals surface area (Å²) in [5.74, 6) is 0.762. The molecule has 1 amide bonds. The van der Waals surface area contributed by atoms with E-state index in [4.69, 9.17) is 4.74 Å². The average molecular weight is 412 g/mol. The lowest BCUT2D eigenvalue weighted by molar-refractivity contribution is 0.0736. The molecule has 1 fully saturated rings. The van der Waals surface area contributed by atoms with Crippen LogP contribution in [0.1, 0.15) is 34.5 Å². The van der Waals surface area contributed by atoms with Crippen LogP contribution in [0.3, 0.4) is 0 Å². The molecule has 5 heteroatoms. The molecule has 156 valence electrons. The van der Waals surface area contributed by atoms with Crippen LogP contribution in [-0.4, -0.2) is 32.8 Å². The van der Waals surface area contributed by atoms with Crippen molar-refractivity contribution in [3.8, 4) is 5.75 Å². The summed E-state index contributed by atoms with van der Waals surface area (Å²) >= 11 is 0. The lowest BCUT2D eigenvalue weighted by atomic mass is 10.0. The zero-order chi connectivity index (χ0) is 21.0. The quantitative estimate of drug-likeness (QED) is 0.460. The summed E-state index contributed by atoms with van der Waals surface area (Å²) in [7, 11) is 0. The van der Waals surface area contributed by atoms with Crippen LogP contribution in [-0.2, 0) is 13.0 Å². The number of benzene rings is 2. The van der Waals surface area contributed by atoms with E-state index in [1.807, 2.05) is 70.2 Å². The number of ether oxygens (including phenoxy) is 1. The second kappa shape index (κ2) is 8.64. The fraction of sp³-hybridized carbons (Fsp3) is 0.231. The minimum atomic E-state index is 0.0802. The molecule has 1 atom stereocenters. The number of carbonyl (C=O) groups is 1. The van der Waals surface area contributed by atoms with Gasteiger partial charge in [0.15, 0.2) is 0 Å². The molecule has 1 aliphatic rings. The van der Waals surface area contributed by atoms with Crippen LogP contribution in [0, 0.1) is 0 Å². The molecule has 0 bridgehead atoms. The molecule has 1 saturated heterocycles. The van der Waals surface area contributed by atoms with Crippen LogP contribution < -0.4 is 4.74 Å². The predicted octanol–water partition coefficient (Wildman–Crippen LogP) is 4.76. The molecule has 2 aromatic heterocycles. The number of nitrogens with zero attached hydrogens (tertiary/aromatic N) is 3.